The molecule has 4 rings (SSSR count). The first-order valence-corrected chi connectivity index (χ1v) is 13.9. The van der Waals surface area contributed by atoms with Crippen molar-refractivity contribution in [3.05, 3.63) is 36.0 Å². The van der Waals surface area contributed by atoms with Crippen molar-refractivity contribution in [2.45, 2.75) is 16.2 Å². The normalized spacial score (nSPS) is 18.3. The zero-order valence-electron chi connectivity index (χ0n) is 18.3. The van der Waals surface area contributed by atoms with Gasteiger partial charge in [-0.1, -0.05) is 6.07 Å². The summed E-state index contributed by atoms with van der Waals surface area (Å²) < 4.78 is 52.4. The van der Waals surface area contributed by atoms with Crippen LogP contribution in [0.15, 0.2) is 55.5 Å². The second kappa shape index (κ2) is 9.84. The van der Waals surface area contributed by atoms with Crippen LogP contribution in [0.1, 0.15) is 12.0 Å². The highest BCUT2D eigenvalue weighted by Crippen LogP contribution is 2.36. The van der Waals surface area contributed by atoms with Crippen LogP contribution < -0.4 is 21.5 Å². The Bertz CT molecular complexity index is 1350. The zero-order chi connectivity index (χ0) is 24.3. The van der Waals surface area contributed by atoms with Gasteiger partial charge in [-0.05, 0) is 54.8 Å². The van der Waals surface area contributed by atoms with Crippen molar-refractivity contribution in [2.24, 2.45) is 32.0 Å². The molecule has 6 N–H and O–H groups in total. The number of sulfone groups is 1. The maximum atomic E-state index is 13.4. The molecular weight excluding hydrogens is 480 g/mol. The first-order valence-electron chi connectivity index (χ1n) is 10.7. The summed E-state index contributed by atoms with van der Waals surface area (Å²) in [6.45, 7) is 2.15. The number of nitrogens with zero attached hydrogens (tertiary/aromatic N) is 4. The van der Waals surface area contributed by atoms with E-state index >= 15 is 0 Å². The summed E-state index contributed by atoms with van der Waals surface area (Å²) in [6, 6.07) is 6.20. The second-order valence-corrected chi connectivity index (χ2v) is 11.5. The third kappa shape index (κ3) is 5.15. The Hall–Kier alpha value is -2.78. The van der Waals surface area contributed by atoms with Crippen LogP contribution in [0.2, 0.25) is 0 Å². The van der Waals surface area contributed by atoms with Crippen LogP contribution in [-0.2, 0) is 19.9 Å². The number of anilines is 1. The summed E-state index contributed by atoms with van der Waals surface area (Å²) in [5.74, 6) is 0.206. The average molecular weight is 507 g/mol. The quantitative estimate of drug-likeness (QED) is 0.373. The third-order valence-electron chi connectivity index (χ3n) is 5.55. The fraction of sp³-hybridized carbons (Fsp3) is 0.400. The maximum absolute atomic E-state index is 13.4. The van der Waals surface area contributed by atoms with E-state index in [0.29, 0.717) is 49.5 Å². The topological polar surface area (TPSA) is 194 Å². The van der Waals surface area contributed by atoms with Crippen LogP contribution in [-0.4, -0.2) is 66.3 Å². The van der Waals surface area contributed by atoms with E-state index in [0.717, 1.165) is 0 Å². The summed E-state index contributed by atoms with van der Waals surface area (Å²) in [5.41, 5.74) is 6.51. The predicted octanol–water partition coefficient (Wildman–Crippen LogP) is 0.320. The van der Waals surface area contributed by atoms with Gasteiger partial charge in [0.05, 0.1) is 10.6 Å². The molecule has 14 heteroatoms. The van der Waals surface area contributed by atoms with Crippen LogP contribution in [0.3, 0.4) is 0 Å². The fourth-order valence-corrected chi connectivity index (χ4v) is 7.37. The molecule has 34 heavy (non-hydrogen) atoms. The van der Waals surface area contributed by atoms with Crippen LogP contribution >= 0.6 is 0 Å². The van der Waals surface area contributed by atoms with Gasteiger partial charge in [0, 0.05) is 24.8 Å². The lowest BCUT2D eigenvalue weighted by molar-refractivity contribution is 0.565. The van der Waals surface area contributed by atoms with Crippen molar-refractivity contribution in [3.8, 4) is 11.1 Å². The van der Waals surface area contributed by atoms with Crippen molar-refractivity contribution in [1.29, 1.82) is 0 Å². The first kappa shape index (κ1) is 24.3. The molecule has 0 unspecified atom stereocenters. The molecule has 1 atom stereocenters. The number of hydrogen-bond donors (Lipinski definition) is 4. The van der Waals surface area contributed by atoms with Gasteiger partial charge in [-0.3, -0.25) is 0 Å². The van der Waals surface area contributed by atoms with E-state index in [9.17, 15) is 16.8 Å². The Morgan fingerprint density at radius 1 is 1.18 bits per heavy atom. The van der Waals surface area contributed by atoms with Crippen LogP contribution in [0.25, 0.3) is 11.1 Å². The van der Waals surface area contributed by atoms with E-state index in [2.05, 4.69) is 30.8 Å². The number of pyridine rings is 1. The average Bonchev–Trinajstić information content (AvgIpc) is 3.50. The van der Waals surface area contributed by atoms with Crippen molar-refractivity contribution < 1.29 is 16.8 Å². The van der Waals surface area contributed by atoms with E-state index in [1.165, 1.54) is 6.07 Å². The lowest BCUT2D eigenvalue weighted by Crippen LogP contribution is -2.25. The summed E-state index contributed by atoms with van der Waals surface area (Å²) in [4.78, 5) is 7.52. The Balaban J connectivity index is 1.94. The monoisotopic (exact) mass is 506 g/mol. The Morgan fingerprint density at radius 2 is 2.00 bits per heavy atom. The van der Waals surface area contributed by atoms with Gasteiger partial charge < -0.3 is 16.4 Å². The molecule has 0 saturated carbocycles. The summed E-state index contributed by atoms with van der Waals surface area (Å²) in [5, 5.41) is 19.6. The number of nitrogens with two attached hydrogens (primary N) is 2. The van der Waals surface area contributed by atoms with E-state index in [1.807, 2.05) is 0 Å². The molecule has 0 radical (unpaired) electrons. The molecule has 0 aliphatic carbocycles. The molecule has 1 aromatic carbocycles. The second-order valence-electron chi connectivity index (χ2n) is 8.01. The number of aromatic nitrogens is 1. The molecule has 0 bridgehead atoms. The van der Waals surface area contributed by atoms with E-state index in [-0.39, 0.29) is 34.6 Å². The van der Waals surface area contributed by atoms with Crippen molar-refractivity contribution in [3.63, 3.8) is 0 Å². The molecule has 2 aromatic rings. The summed E-state index contributed by atoms with van der Waals surface area (Å²) in [6.07, 6.45) is 2.23. The number of hydrogen-bond acceptors (Lipinski definition) is 11. The van der Waals surface area contributed by atoms with Gasteiger partial charge in [-0.15, -0.1) is 5.11 Å². The lowest BCUT2D eigenvalue weighted by atomic mass is 9.99. The predicted molar refractivity (Wildman–Crippen MR) is 128 cm³/mol. The third-order valence-corrected chi connectivity index (χ3v) is 8.60. The minimum Gasteiger partial charge on any atom is -0.369 e. The number of amidine groups is 1. The molecule has 0 amide bonds. The van der Waals surface area contributed by atoms with Crippen LogP contribution in [0, 0.1) is 5.92 Å². The van der Waals surface area contributed by atoms with Gasteiger partial charge in [0.2, 0.25) is 10.0 Å². The summed E-state index contributed by atoms with van der Waals surface area (Å²) in [7, 11) is -8.49. The first-order chi connectivity index (χ1) is 16.2. The number of aliphatic imine (C=N–C) groups is 1. The van der Waals surface area contributed by atoms with Gasteiger partial charge in [0.1, 0.15) is 10.7 Å². The Morgan fingerprint density at radius 3 is 2.65 bits per heavy atom. The molecule has 1 saturated heterocycles. The van der Waals surface area contributed by atoms with Gasteiger partial charge in [-0.2, -0.15) is 5.11 Å². The minimum absolute atomic E-state index is 0.00318. The minimum atomic E-state index is -4.50. The number of sulfonamides is 1. The van der Waals surface area contributed by atoms with E-state index in [1.54, 1.807) is 24.4 Å². The van der Waals surface area contributed by atoms with Crippen LogP contribution in [0.5, 0.6) is 0 Å². The zero-order valence-corrected chi connectivity index (χ0v) is 19.9. The smallest absolute Gasteiger partial charge is 0.240 e. The summed E-state index contributed by atoms with van der Waals surface area (Å²) >= 11 is 0. The molecule has 182 valence electrons. The van der Waals surface area contributed by atoms with Gasteiger partial charge >= 0.3 is 0 Å². The Labute approximate surface area is 197 Å². The number of rotatable bonds is 9. The van der Waals surface area contributed by atoms with Crippen LogP contribution in [0.4, 0.5) is 5.82 Å². The standard InChI is InChI=1S/C20H26N8O4S2/c21-5-8-25-17-9-14(4-7-24-17)15-1-2-16(33(29,30)11-13-3-6-23-10-13)19(34(22,31)32)18(15)20-26-12-27-28-20/h1-2,4,7,9,13,23H,3,5-6,8,10-12,21H2,(H,24,25)(H2,22,31,32)/t13-/m1/s1. The van der Waals surface area contributed by atoms with E-state index < -0.39 is 24.8 Å². The van der Waals surface area contributed by atoms with Crippen molar-refractivity contribution in [1.82, 2.24) is 10.3 Å². The molecule has 12 nitrogen and oxygen atoms in total. The van der Waals surface area contributed by atoms with Gasteiger partial charge in [0.25, 0.3) is 0 Å². The molecular formula is C20H26N8O4S2. The molecule has 3 heterocycles. The number of azo groups is 1. The highest BCUT2D eigenvalue weighted by atomic mass is 32.2. The fourth-order valence-electron chi connectivity index (χ4n) is 4.06. The molecule has 0 spiro atoms. The SMILES string of the molecule is NCCNc1cc(-c2ccc(S(=O)(=O)C[C@@H]3CCNC3)c(S(N)(=O)=O)c2C2=NCN=N2)ccn1. The maximum Gasteiger partial charge on any atom is 0.240 e. The van der Waals surface area contributed by atoms with E-state index in [4.69, 9.17) is 10.9 Å². The number of benzene rings is 1. The van der Waals surface area contributed by atoms with Gasteiger partial charge in [0.15, 0.2) is 22.3 Å². The van der Waals surface area contributed by atoms with Crippen molar-refractivity contribution >= 4 is 31.5 Å². The molecule has 2 aliphatic rings. The number of nitrogens with one attached hydrogen (secondary N) is 2. The Kier molecular flexibility index (Phi) is 7.04. The van der Waals surface area contributed by atoms with Gasteiger partial charge in [-0.25, -0.2) is 32.0 Å². The number of primary sulfonamides is 1. The largest absolute Gasteiger partial charge is 0.369 e. The molecule has 1 aromatic heterocycles. The lowest BCUT2D eigenvalue weighted by Gasteiger charge is -2.18. The highest BCUT2D eigenvalue weighted by molar-refractivity contribution is 7.93. The molecule has 2 aliphatic heterocycles. The highest BCUT2D eigenvalue weighted by Gasteiger charge is 2.34. The molecule has 1 fully saturated rings. The van der Waals surface area contributed by atoms with Crippen molar-refractivity contribution in [2.75, 3.05) is 43.9 Å².